The van der Waals surface area contributed by atoms with Gasteiger partial charge in [0.2, 0.25) is 5.95 Å². The van der Waals surface area contributed by atoms with Crippen molar-refractivity contribution in [3.63, 3.8) is 0 Å². The van der Waals surface area contributed by atoms with Gasteiger partial charge in [0.15, 0.2) is 0 Å². The number of carbonyl (C=O) groups excluding carboxylic acids is 1. The number of hydrogen-bond acceptors (Lipinski definition) is 5. The maximum absolute atomic E-state index is 12.5. The van der Waals surface area contributed by atoms with Crippen molar-refractivity contribution in [3.8, 4) is 0 Å². The minimum atomic E-state index is -0.177. The summed E-state index contributed by atoms with van der Waals surface area (Å²) in [5.74, 6) is 0.744. The van der Waals surface area contributed by atoms with Gasteiger partial charge in [-0.15, -0.1) is 0 Å². The highest BCUT2D eigenvalue weighted by Gasteiger charge is 2.19. The molecule has 2 aromatic heterocycles. The Balaban J connectivity index is 1.78. The summed E-state index contributed by atoms with van der Waals surface area (Å²) in [6.07, 6.45) is 5.76. The fraction of sp³-hybridized carbons (Fsp3) is 0.444. The van der Waals surface area contributed by atoms with Gasteiger partial charge in [-0.2, -0.15) is 0 Å². The molecule has 24 heavy (non-hydrogen) atoms. The number of carbonyl (C=O) groups is 1. The van der Waals surface area contributed by atoms with Gasteiger partial charge in [0.05, 0.1) is 0 Å². The second-order valence-electron chi connectivity index (χ2n) is 6.37. The summed E-state index contributed by atoms with van der Waals surface area (Å²) in [4.78, 5) is 27.9. The van der Waals surface area contributed by atoms with Crippen molar-refractivity contribution in [2.75, 3.05) is 18.0 Å². The molecule has 3 heterocycles. The summed E-state index contributed by atoms with van der Waals surface area (Å²) in [5.41, 5.74) is 2.29. The van der Waals surface area contributed by atoms with Crippen LogP contribution in [0.3, 0.4) is 0 Å². The summed E-state index contributed by atoms with van der Waals surface area (Å²) >= 11 is 0. The monoisotopic (exact) mass is 325 g/mol. The Morgan fingerprint density at radius 1 is 1.29 bits per heavy atom. The van der Waals surface area contributed by atoms with Gasteiger partial charge in [-0.25, -0.2) is 9.97 Å². The minimum absolute atomic E-state index is 0.177. The minimum Gasteiger partial charge on any atom is -0.347 e. The highest BCUT2D eigenvalue weighted by Crippen LogP contribution is 2.20. The molecule has 3 rings (SSSR count). The molecule has 6 heteroatoms. The van der Waals surface area contributed by atoms with Gasteiger partial charge in [0.25, 0.3) is 5.91 Å². The highest BCUT2D eigenvalue weighted by molar-refractivity contribution is 5.92. The van der Waals surface area contributed by atoms with Crippen molar-refractivity contribution in [2.45, 2.75) is 39.2 Å². The SMILES string of the molecule is CC(C)c1cc(C(=O)NCc2cccnc2)nc(N2CCCC2)n1. The normalized spacial score (nSPS) is 14.2. The molecular formula is C18H23N5O. The molecule has 2 aromatic rings. The van der Waals surface area contributed by atoms with E-state index < -0.39 is 0 Å². The number of rotatable bonds is 5. The first kappa shape index (κ1) is 16.4. The molecule has 0 saturated carbocycles. The zero-order valence-corrected chi connectivity index (χ0v) is 14.2. The van der Waals surface area contributed by atoms with Gasteiger partial charge in [-0.1, -0.05) is 19.9 Å². The zero-order valence-electron chi connectivity index (χ0n) is 14.2. The first-order valence-corrected chi connectivity index (χ1v) is 8.44. The summed E-state index contributed by atoms with van der Waals surface area (Å²) < 4.78 is 0. The lowest BCUT2D eigenvalue weighted by Crippen LogP contribution is -2.27. The Hall–Kier alpha value is -2.50. The van der Waals surface area contributed by atoms with Crippen LogP contribution >= 0.6 is 0 Å². The molecule has 1 saturated heterocycles. The van der Waals surface area contributed by atoms with E-state index in [1.807, 2.05) is 12.1 Å². The van der Waals surface area contributed by atoms with Crippen LogP contribution in [-0.4, -0.2) is 33.9 Å². The van der Waals surface area contributed by atoms with E-state index >= 15 is 0 Å². The maximum Gasteiger partial charge on any atom is 0.270 e. The Morgan fingerprint density at radius 3 is 2.75 bits per heavy atom. The fourth-order valence-electron chi connectivity index (χ4n) is 2.70. The standard InChI is InChI=1S/C18H23N5O/c1-13(2)15-10-16(22-18(21-15)23-8-3-4-9-23)17(24)20-12-14-6-5-7-19-11-14/h5-7,10-11,13H,3-4,8-9,12H2,1-2H3,(H,20,24). The molecule has 1 amide bonds. The summed E-state index contributed by atoms with van der Waals surface area (Å²) in [5, 5.41) is 2.91. The molecule has 0 aromatic carbocycles. The molecule has 1 N–H and O–H groups in total. The molecule has 0 unspecified atom stereocenters. The molecule has 0 atom stereocenters. The van der Waals surface area contributed by atoms with Crippen LogP contribution < -0.4 is 10.2 Å². The van der Waals surface area contributed by atoms with Crippen LogP contribution in [0.2, 0.25) is 0 Å². The molecule has 1 fully saturated rings. The van der Waals surface area contributed by atoms with Crippen LogP contribution in [-0.2, 0) is 6.54 Å². The molecule has 0 bridgehead atoms. The number of pyridine rings is 1. The lowest BCUT2D eigenvalue weighted by Gasteiger charge is -2.18. The van der Waals surface area contributed by atoms with E-state index in [9.17, 15) is 4.79 Å². The second-order valence-corrected chi connectivity index (χ2v) is 6.37. The second kappa shape index (κ2) is 7.38. The third-order valence-electron chi connectivity index (χ3n) is 4.12. The molecular weight excluding hydrogens is 302 g/mol. The zero-order chi connectivity index (χ0) is 16.9. The van der Waals surface area contributed by atoms with E-state index in [0.717, 1.165) is 37.2 Å². The van der Waals surface area contributed by atoms with Gasteiger partial charge in [0.1, 0.15) is 5.69 Å². The van der Waals surface area contributed by atoms with Gasteiger partial charge >= 0.3 is 0 Å². The van der Waals surface area contributed by atoms with E-state index in [1.165, 1.54) is 0 Å². The molecule has 1 aliphatic heterocycles. The topological polar surface area (TPSA) is 71.0 Å². The lowest BCUT2D eigenvalue weighted by atomic mass is 10.1. The van der Waals surface area contributed by atoms with Crippen molar-refractivity contribution in [1.82, 2.24) is 20.3 Å². The summed E-state index contributed by atoms with van der Waals surface area (Å²) in [6, 6.07) is 5.58. The predicted octanol–water partition coefficient (Wildman–Crippen LogP) is 2.53. The Labute approximate surface area is 142 Å². The molecule has 0 spiro atoms. The van der Waals surface area contributed by atoms with Crippen molar-refractivity contribution in [1.29, 1.82) is 0 Å². The van der Waals surface area contributed by atoms with Gasteiger partial charge in [-0.05, 0) is 36.5 Å². The van der Waals surface area contributed by atoms with Gasteiger partial charge in [0, 0.05) is 37.7 Å². The van der Waals surface area contributed by atoms with Crippen molar-refractivity contribution in [3.05, 3.63) is 47.5 Å². The first-order chi connectivity index (χ1) is 11.6. The number of hydrogen-bond donors (Lipinski definition) is 1. The van der Waals surface area contributed by atoms with Gasteiger partial charge in [-0.3, -0.25) is 9.78 Å². The number of aromatic nitrogens is 3. The first-order valence-electron chi connectivity index (χ1n) is 8.44. The number of amides is 1. The number of anilines is 1. The summed E-state index contributed by atoms with van der Waals surface area (Å²) in [7, 11) is 0. The van der Waals surface area contributed by atoms with Crippen LogP contribution in [0.15, 0.2) is 30.6 Å². The lowest BCUT2D eigenvalue weighted by molar-refractivity contribution is 0.0945. The molecule has 126 valence electrons. The smallest absolute Gasteiger partial charge is 0.270 e. The largest absolute Gasteiger partial charge is 0.347 e. The fourth-order valence-corrected chi connectivity index (χ4v) is 2.70. The third-order valence-corrected chi connectivity index (χ3v) is 4.12. The van der Waals surface area contributed by atoms with E-state index in [4.69, 9.17) is 0 Å². The number of nitrogens with one attached hydrogen (secondary N) is 1. The molecule has 0 aliphatic carbocycles. The quantitative estimate of drug-likeness (QED) is 0.914. The number of nitrogens with zero attached hydrogens (tertiary/aromatic N) is 4. The summed E-state index contributed by atoms with van der Waals surface area (Å²) in [6.45, 7) is 6.50. The average Bonchev–Trinajstić information content (AvgIpc) is 3.15. The van der Waals surface area contributed by atoms with Gasteiger partial charge < -0.3 is 10.2 Å². The third kappa shape index (κ3) is 3.88. The Bertz CT molecular complexity index is 696. The van der Waals surface area contributed by atoms with Crippen LogP contribution in [0.4, 0.5) is 5.95 Å². The van der Waals surface area contributed by atoms with Crippen LogP contribution in [0.5, 0.6) is 0 Å². The predicted molar refractivity (Wildman–Crippen MR) is 93.0 cm³/mol. The van der Waals surface area contributed by atoms with Crippen molar-refractivity contribution >= 4 is 11.9 Å². The van der Waals surface area contributed by atoms with E-state index in [-0.39, 0.29) is 11.8 Å². The van der Waals surface area contributed by atoms with E-state index in [1.54, 1.807) is 18.5 Å². The van der Waals surface area contributed by atoms with E-state index in [0.29, 0.717) is 18.2 Å². The van der Waals surface area contributed by atoms with Crippen molar-refractivity contribution < 1.29 is 4.79 Å². The van der Waals surface area contributed by atoms with Crippen molar-refractivity contribution in [2.24, 2.45) is 0 Å². The Kier molecular flexibility index (Phi) is 5.03. The average molecular weight is 325 g/mol. The molecule has 0 radical (unpaired) electrons. The molecule has 6 nitrogen and oxygen atoms in total. The Morgan fingerprint density at radius 2 is 2.08 bits per heavy atom. The molecule has 1 aliphatic rings. The van der Waals surface area contributed by atoms with Crippen LogP contribution in [0.1, 0.15) is 54.4 Å². The van der Waals surface area contributed by atoms with Crippen LogP contribution in [0, 0.1) is 0 Å². The highest BCUT2D eigenvalue weighted by atomic mass is 16.1. The van der Waals surface area contributed by atoms with Crippen LogP contribution in [0.25, 0.3) is 0 Å². The maximum atomic E-state index is 12.5. The van der Waals surface area contributed by atoms with E-state index in [2.05, 4.69) is 39.0 Å².